The maximum atomic E-state index is 12.5. The molecule has 0 bridgehead atoms. The van der Waals surface area contributed by atoms with Gasteiger partial charge in [-0.05, 0) is 49.7 Å². The number of benzene rings is 2. The van der Waals surface area contributed by atoms with Crippen molar-refractivity contribution in [3.63, 3.8) is 0 Å². The fourth-order valence-corrected chi connectivity index (χ4v) is 3.16. The largest absolute Gasteiger partial charge is 0.492 e. The van der Waals surface area contributed by atoms with Crippen molar-refractivity contribution in [3.05, 3.63) is 48.0 Å². The van der Waals surface area contributed by atoms with Crippen LogP contribution in [0.1, 0.15) is 12.5 Å². The van der Waals surface area contributed by atoms with Crippen LogP contribution in [-0.2, 0) is 10.0 Å². The Morgan fingerprint density at radius 1 is 1.19 bits per heavy atom. The van der Waals surface area contributed by atoms with Gasteiger partial charge in [-0.1, -0.05) is 12.1 Å². The van der Waals surface area contributed by atoms with Gasteiger partial charge in [-0.15, -0.1) is 0 Å². The van der Waals surface area contributed by atoms with Gasteiger partial charge in [0.2, 0.25) is 0 Å². The van der Waals surface area contributed by atoms with Gasteiger partial charge in [-0.2, -0.15) is 0 Å². The highest BCUT2D eigenvalue weighted by Gasteiger charge is 2.20. The van der Waals surface area contributed by atoms with Crippen molar-refractivity contribution in [2.24, 2.45) is 0 Å². The zero-order valence-corrected chi connectivity index (χ0v) is 12.8. The Kier molecular flexibility index (Phi) is 4.37. The Labute approximate surface area is 124 Å². The third-order valence-corrected chi connectivity index (χ3v) is 4.23. The molecule has 21 heavy (non-hydrogen) atoms. The molecule has 0 aromatic heterocycles. The van der Waals surface area contributed by atoms with E-state index in [9.17, 15) is 8.42 Å². The Morgan fingerprint density at radius 3 is 2.62 bits per heavy atom. The number of nitrogen functional groups attached to an aromatic ring is 1. The molecule has 0 radical (unpaired) electrons. The molecule has 3 N–H and O–H groups in total. The van der Waals surface area contributed by atoms with Gasteiger partial charge in [0.1, 0.15) is 10.6 Å². The van der Waals surface area contributed by atoms with Crippen molar-refractivity contribution in [1.29, 1.82) is 0 Å². The third kappa shape index (κ3) is 3.66. The van der Waals surface area contributed by atoms with E-state index in [1.54, 1.807) is 37.3 Å². The van der Waals surface area contributed by atoms with Crippen LogP contribution in [0.4, 0.5) is 11.4 Å². The molecule has 0 heterocycles. The highest BCUT2D eigenvalue weighted by Crippen LogP contribution is 2.28. The second kappa shape index (κ2) is 6.05. The number of hydrogen-bond donors (Lipinski definition) is 2. The average molecular weight is 306 g/mol. The second-order valence-electron chi connectivity index (χ2n) is 4.61. The Morgan fingerprint density at radius 2 is 1.95 bits per heavy atom. The van der Waals surface area contributed by atoms with Crippen molar-refractivity contribution in [3.8, 4) is 5.75 Å². The molecule has 0 aliphatic carbocycles. The van der Waals surface area contributed by atoms with Crippen LogP contribution in [0, 0.1) is 6.92 Å². The minimum absolute atomic E-state index is 0.0332. The van der Waals surface area contributed by atoms with Gasteiger partial charge in [0, 0.05) is 11.4 Å². The number of anilines is 2. The maximum Gasteiger partial charge on any atom is 0.265 e. The number of sulfonamides is 1. The maximum absolute atomic E-state index is 12.5. The molecule has 5 nitrogen and oxygen atoms in total. The fourth-order valence-electron chi connectivity index (χ4n) is 1.93. The van der Waals surface area contributed by atoms with Crippen molar-refractivity contribution < 1.29 is 13.2 Å². The first-order valence-corrected chi connectivity index (χ1v) is 8.02. The quantitative estimate of drug-likeness (QED) is 0.832. The Balaban J connectivity index is 2.41. The molecule has 2 aromatic rings. The van der Waals surface area contributed by atoms with E-state index in [2.05, 4.69) is 4.72 Å². The molecular formula is C15H18N2O3S. The van der Waals surface area contributed by atoms with Gasteiger partial charge in [-0.3, -0.25) is 4.72 Å². The lowest BCUT2D eigenvalue weighted by molar-refractivity contribution is 0.331. The minimum Gasteiger partial charge on any atom is -0.492 e. The highest BCUT2D eigenvalue weighted by atomic mass is 32.2. The molecule has 0 fully saturated rings. The van der Waals surface area contributed by atoms with E-state index in [0.717, 1.165) is 5.56 Å². The number of aryl methyl sites for hydroxylation is 1. The van der Waals surface area contributed by atoms with Crippen LogP contribution in [0.2, 0.25) is 0 Å². The van der Waals surface area contributed by atoms with Gasteiger partial charge < -0.3 is 10.5 Å². The number of rotatable bonds is 5. The van der Waals surface area contributed by atoms with Gasteiger partial charge in [0.15, 0.2) is 0 Å². The average Bonchev–Trinajstić information content (AvgIpc) is 2.40. The summed E-state index contributed by atoms with van der Waals surface area (Å²) in [4.78, 5) is 0.0332. The summed E-state index contributed by atoms with van der Waals surface area (Å²) in [6.45, 7) is 4.06. The molecule has 0 aliphatic rings. The van der Waals surface area contributed by atoms with Crippen molar-refractivity contribution in [2.75, 3.05) is 17.1 Å². The minimum atomic E-state index is -3.76. The van der Waals surface area contributed by atoms with Gasteiger partial charge >= 0.3 is 0 Å². The fraction of sp³-hybridized carbons (Fsp3) is 0.200. The molecule has 0 saturated heterocycles. The van der Waals surface area contributed by atoms with E-state index in [0.29, 0.717) is 18.0 Å². The Bertz CT molecular complexity index is 742. The van der Waals surface area contributed by atoms with Crippen molar-refractivity contribution >= 4 is 21.4 Å². The molecule has 0 amide bonds. The summed E-state index contributed by atoms with van der Waals surface area (Å²) in [5, 5.41) is 0. The smallest absolute Gasteiger partial charge is 0.265 e. The van der Waals surface area contributed by atoms with Crippen molar-refractivity contribution in [1.82, 2.24) is 0 Å². The standard InChI is InChI=1S/C15H18N2O3S/c1-3-20-14-8-7-12(16)10-15(14)21(18,19)17-13-6-4-5-11(2)9-13/h4-10,17H,3,16H2,1-2H3. The predicted molar refractivity (Wildman–Crippen MR) is 84.0 cm³/mol. The first-order valence-electron chi connectivity index (χ1n) is 6.54. The first kappa shape index (κ1) is 15.2. The molecule has 0 atom stereocenters. The molecule has 2 aromatic carbocycles. The van der Waals surface area contributed by atoms with E-state index < -0.39 is 10.0 Å². The first-order chi connectivity index (χ1) is 9.92. The van der Waals surface area contributed by atoms with Crippen LogP contribution >= 0.6 is 0 Å². The van der Waals surface area contributed by atoms with Gasteiger partial charge in [-0.25, -0.2) is 8.42 Å². The normalized spacial score (nSPS) is 11.1. The van der Waals surface area contributed by atoms with Crippen LogP contribution < -0.4 is 15.2 Å². The van der Waals surface area contributed by atoms with Crippen LogP contribution in [0.15, 0.2) is 47.4 Å². The van der Waals surface area contributed by atoms with Crippen LogP contribution in [-0.4, -0.2) is 15.0 Å². The zero-order valence-electron chi connectivity index (χ0n) is 12.0. The molecule has 0 spiro atoms. The summed E-state index contributed by atoms with van der Waals surface area (Å²) in [6, 6.07) is 11.7. The molecular weight excluding hydrogens is 288 g/mol. The summed E-state index contributed by atoms with van der Waals surface area (Å²) >= 11 is 0. The van der Waals surface area contributed by atoms with E-state index in [1.165, 1.54) is 6.07 Å². The summed E-state index contributed by atoms with van der Waals surface area (Å²) in [5.41, 5.74) is 7.52. The number of ether oxygens (including phenoxy) is 1. The summed E-state index contributed by atoms with van der Waals surface area (Å²) < 4.78 is 32.9. The SMILES string of the molecule is CCOc1ccc(N)cc1S(=O)(=O)Nc1cccc(C)c1. The molecule has 0 aliphatic heterocycles. The molecule has 6 heteroatoms. The van der Waals surface area contributed by atoms with Gasteiger partial charge in [0.25, 0.3) is 10.0 Å². The van der Waals surface area contributed by atoms with Crippen LogP contribution in [0.25, 0.3) is 0 Å². The molecule has 2 rings (SSSR count). The van der Waals surface area contributed by atoms with E-state index >= 15 is 0 Å². The second-order valence-corrected chi connectivity index (χ2v) is 6.26. The lowest BCUT2D eigenvalue weighted by Crippen LogP contribution is -2.15. The molecule has 0 saturated carbocycles. The zero-order chi connectivity index (χ0) is 15.5. The van der Waals surface area contributed by atoms with E-state index in [-0.39, 0.29) is 10.6 Å². The predicted octanol–water partition coefficient (Wildman–Crippen LogP) is 2.78. The monoisotopic (exact) mass is 306 g/mol. The topological polar surface area (TPSA) is 81.4 Å². The number of nitrogens with two attached hydrogens (primary N) is 1. The van der Waals surface area contributed by atoms with Crippen molar-refractivity contribution in [2.45, 2.75) is 18.7 Å². The highest BCUT2D eigenvalue weighted by molar-refractivity contribution is 7.92. The van der Waals surface area contributed by atoms with E-state index in [4.69, 9.17) is 10.5 Å². The summed E-state index contributed by atoms with van der Waals surface area (Å²) in [6.07, 6.45) is 0. The lowest BCUT2D eigenvalue weighted by Gasteiger charge is -2.13. The summed E-state index contributed by atoms with van der Waals surface area (Å²) in [5.74, 6) is 0.284. The van der Waals surface area contributed by atoms with Gasteiger partial charge in [0.05, 0.1) is 6.61 Å². The number of nitrogens with one attached hydrogen (secondary N) is 1. The molecule has 112 valence electrons. The third-order valence-electron chi connectivity index (χ3n) is 2.83. The van der Waals surface area contributed by atoms with E-state index in [1.807, 2.05) is 13.0 Å². The number of hydrogen-bond acceptors (Lipinski definition) is 4. The Hall–Kier alpha value is -2.21. The van der Waals surface area contributed by atoms with Crippen LogP contribution in [0.3, 0.4) is 0 Å². The van der Waals surface area contributed by atoms with Crippen LogP contribution in [0.5, 0.6) is 5.75 Å². The molecule has 0 unspecified atom stereocenters. The summed E-state index contributed by atoms with van der Waals surface area (Å²) in [7, 11) is -3.76. The lowest BCUT2D eigenvalue weighted by atomic mass is 10.2.